The van der Waals surface area contributed by atoms with Gasteiger partial charge in [-0.3, -0.25) is 4.68 Å². The van der Waals surface area contributed by atoms with Crippen molar-refractivity contribution < 1.29 is 5.11 Å². The highest BCUT2D eigenvalue weighted by Gasteiger charge is 2.38. The topological polar surface area (TPSA) is 38.0 Å². The predicted molar refractivity (Wildman–Crippen MR) is 63.9 cm³/mol. The van der Waals surface area contributed by atoms with E-state index in [9.17, 15) is 5.11 Å². The maximum atomic E-state index is 10.4. The molecule has 0 amide bonds. The molecule has 16 heavy (non-hydrogen) atoms. The summed E-state index contributed by atoms with van der Waals surface area (Å²) in [5, 5.41) is 14.7. The molecule has 0 saturated heterocycles. The molecule has 1 aromatic rings. The van der Waals surface area contributed by atoms with Gasteiger partial charge in [-0.15, -0.1) is 0 Å². The number of hydrogen-bond acceptors (Lipinski definition) is 2. The minimum atomic E-state index is -0.406. The van der Waals surface area contributed by atoms with Gasteiger partial charge in [-0.2, -0.15) is 5.10 Å². The molecule has 1 fully saturated rings. The van der Waals surface area contributed by atoms with Crippen LogP contribution in [-0.4, -0.2) is 14.9 Å². The van der Waals surface area contributed by atoms with Gasteiger partial charge in [-0.1, -0.05) is 26.7 Å². The lowest BCUT2D eigenvalue weighted by molar-refractivity contribution is 0.00120. The van der Waals surface area contributed by atoms with Crippen LogP contribution in [0.25, 0.3) is 0 Å². The normalized spacial score (nSPS) is 26.6. The highest BCUT2D eigenvalue weighted by atomic mass is 16.3. The van der Waals surface area contributed by atoms with E-state index in [1.807, 2.05) is 19.3 Å². The van der Waals surface area contributed by atoms with Gasteiger partial charge in [-0.05, 0) is 30.2 Å². The van der Waals surface area contributed by atoms with Gasteiger partial charge in [0.05, 0.1) is 5.69 Å². The molecular weight excluding hydrogens is 200 g/mol. The predicted octanol–water partition coefficient (Wildman–Crippen LogP) is 2.67. The van der Waals surface area contributed by atoms with Crippen LogP contribution in [0.1, 0.15) is 51.3 Å². The van der Waals surface area contributed by atoms with E-state index in [0.717, 1.165) is 12.1 Å². The molecule has 0 aromatic carbocycles. The Morgan fingerprint density at radius 2 is 2.25 bits per heavy atom. The monoisotopic (exact) mass is 222 g/mol. The van der Waals surface area contributed by atoms with E-state index < -0.39 is 6.10 Å². The summed E-state index contributed by atoms with van der Waals surface area (Å²) in [6, 6.07) is 1.93. The second-order valence-electron chi connectivity index (χ2n) is 5.70. The van der Waals surface area contributed by atoms with Crippen molar-refractivity contribution in [2.75, 3.05) is 0 Å². The molecule has 1 aromatic heterocycles. The molecule has 1 heterocycles. The SMILES string of the molecule is Cn1ccc(C(O)C2CCCCC2(C)C)n1. The standard InChI is InChI=1S/C13H22N2O/c1-13(2)8-5-4-6-10(13)12(16)11-7-9-15(3)14-11/h7,9-10,12,16H,4-6,8H2,1-3H3. The Kier molecular flexibility index (Phi) is 3.06. The number of aliphatic hydroxyl groups excluding tert-OH is 1. The summed E-state index contributed by atoms with van der Waals surface area (Å²) in [6.07, 6.45) is 6.34. The van der Waals surface area contributed by atoms with Gasteiger partial charge in [0.1, 0.15) is 6.10 Å². The first-order valence-corrected chi connectivity index (χ1v) is 6.18. The Morgan fingerprint density at radius 3 is 2.81 bits per heavy atom. The van der Waals surface area contributed by atoms with Crippen molar-refractivity contribution in [3.8, 4) is 0 Å². The van der Waals surface area contributed by atoms with Crippen LogP contribution in [0.2, 0.25) is 0 Å². The van der Waals surface area contributed by atoms with Crippen molar-refractivity contribution >= 4 is 0 Å². The van der Waals surface area contributed by atoms with Gasteiger partial charge in [0.15, 0.2) is 0 Å². The van der Waals surface area contributed by atoms with Crippen molar-refractivity contribution in [3.63, 3.8) is 0 Å². The first-order chi connectivity index (χ1) is 7.50. The fourth-order valence-electron chi connectivity index (χ4n) is 2.90. The number of aryl methyl sites for hydroxylation is 1. The zero-order valence-electron chi connectivity index (χ0n) is 10.5. The van der Waals surface area contributed by atoms with Crippen LogP contribution in [0.15, 0.2) is 12.3 Å². The van der Waals surface area contributed by atoms with Crippen molar-refractivity contribution in [3.05, 3.63) is 18.0 Å². The molecule has 2 atom stereocenters. The lowest BCUT2D eigenvalue weighted by Gasteiger charge is -2.40. The third-order valence-corrected chi connectivity index (χ3v) is 4.01. The quantitative estimate of drug-likeness (QED) is 0.835. The molecule has 1 saturated carbocycles. The van der Waals surface area contributed by atoms with Crippen LogP contribution in [-0.2, 0) is 7.05 Å². The number of hydrogen-bond donors (Lipinski definition) is 1. The highest BCUT2D eigenvalue weighted by molar-refractivity contribution is 5.06. The van der Waals surface area contributed by atoms with Crippen molar-refractivity contribution in [1.82, 2.24) is 9.78 Å². The minimum Gasteiger partial charge on any atom is -0.386 e. The van der Waals surface area contributed by atoms with Crippen LogP contribution in [0.5, 0.6) is 0 Å². The average molecular weight is 222 g/mol. The van der Waals surface area contributed by atoms with Crippen LogP contribution in [0.3, 0.4) is 0 Å². The summed E-state index contributed by atoms with van der Waals surface area (Å²) in [4.78, 5) is 0. The summed E-state index contributed by atoms with van der Waals surface area (Å²) in [6.45, 7) is 4.53. The van der Waals surface area contributed by atoms with E-state index in [1.54, 1.807) is 4.68 Å². The van der Waals surface area contributed by atoms with Crippen LogP contribution < -0.4 is 0 Å². The molecule has 0 radical (unpaired) electrons. The number of aliphatic hydroxyl groups is 1. The van der Waals surface area contributed by atoms with Gasteiger partial charge in [-0.25, -0.2) is 0 Å². The molecular formula is C13H22N2O. The maximum absolute atomic E-state index is 10.4. The Morgan fingerprint density at radius 1 is 1.50 bits per heavy atom. The third-order valence-electron chi connectivity index (χ3n) is 4.01. The van der Waals surface area contributed by atoms with E-state index in [2.05, 4.69) is 18.9 Å². The summed E-state index contributed by atoms with van der Waals surface area (Å²) in [5.41, 5.74) is 1.05. The Labute approximate surface area is 97.5 Å². The zero-order valence-corrected chi connectivity index (χ0v) is 10.5. The summed E-state index contributed by atoms with van der Waals surface area (Å²) < 4.78 is 1.76. The van der Waals surface area contributed by atoms with Gasteiger partial charge in [0.25, 0.3) is 0 Å². The fraction of sp³-hybridized carbons (Fsp3) is 0.769. The summed E-state index contributed by atoms with van der Waals surface area (Å²) in [5.74, 6) is 0.344. The van der Waals surface area contributed by atoms with Gasteiger partial charge < -0.3 is 5.11 Å². The van der Waals surface area contributed by atoms with Gasteiger partial charge >= 0.3 is 0 Å². The second kappa shape index (κ2) is 4.21. The van der Waals surface area contributed by atoms with Crippen LogP contribution in [0.4, 0.5) is 0 Å². The van der Waals surface area contributed by atoms with Gasteiger partial charge in [0.2, 0.25) is 0 Å². The molecule has 0 aliphatic heterocycles. The molecule has 3 heteroatoms. The Bertz CT molecular complexity index is 357. The fourth-order valence-corrected chi connectivity index (χ4v) is 2.90. The molecule has 2 rings (SSSR count). The molecule has 0 bridgehead atoms. The Balaban J connectivity index is 2.17. The highest BCUT2D eigenvalue weighted by Crippen LogP contribution is 2.46. The maximum Gasteiger partial charge on any atom is 0.101 e. The van der Waals surface area contributed by atoms with Crippen molar-refractivity contribution in [2.24, 2.45) is 18.4 Å². The van der Waals surface area contributed by atoms with E-state index in [1.165, 1.54) is 19.3 Å². The molecule has 0 spiro atoms. The van der Waals surface area contributed by atoms with Gasteiger partial charge in [0, 0.05) is 13.2 Å². The third kappa shape index (κ3) is 2.14. The van der Waals surface area contributed by atoms with E-state index >= 15 is 0 Å². The lowest BCUT2D eigenvalue weighted by atomic mass is 9.66. The molecule has 3 nitrogen and oxygen atoms in total. The van der Waals surface area contributed by atoms with Crippen molar-refractivity contribution in [1.29, 1.82) is 0 Å². The Hall–Kier alpha value is -0.830. The second-order valence-corrected chi connectivity index (χ2v) is 5.70. The molecule has 1 aliphatic carbocycles. The van der Waals surface area contributed by atoms with Crippen LogP contribution >= 0.6 is 0 Å². The minimum absolute atomic E-state index is 0.231. The largest absolute Gasteiger partial charge is 0.386 e. The molecule has 2 unspecified atom stereocenters. The first kappa shape index (κ1) is 11.6. The lowest BCUT2D eigenvalue weighted by Crippen LogP contribution is -2.32. The van der Waals surface area contributed by atoms with E-state index in [4.69, 9.17) is 0 Å². The number of rotatable bonds is 2. The van der Waals surface area contributed by atoms with E-state index in [0.29, 0.717) is 5.92 Å². The van der Waals surface area contributed by atoms with Crippen LogP contribution in [0, 0.1) is 11.3 Å². The molecule has 1 aliphatic rings. The van der Waals surface area contributed by atoms with Crippen molar-refractivity contribution in [2.45, 2.75) is 45.6 Å². The molecule has 1 N–H and O–H groups in total. The summed E-state index contributed by atoms with van der Waals surface area (Å²) in [7, 11) is 1.89. The smallest absolute Gasteiger partial charge is 0.101 e. The number of aromatic nitrogens is 2. The summed E-state index contributed by atoms with van der Waals surface area (Å²) >= 11 is 0. The average Bonchev–Trinajstić information content (AvgIpc) is 2.63. The number of nitrogens with zero attached hydrogens (tertiary/aromatic N) is 2. The van der Waals surface area contributed by atoms with E-state index in [-0.39, 0.29) is 5.41 Å². The first-order valence-electron chi connectivity index (χ1n) is 6.18. The molecule has 90 valence electrons. The zero-order chi connectivity index (χ0) is 11.8.